The van der Waals surface area contributed by atoms with Crippen molar-refractivity contribution in [3.05, 3.63) is 23.8 Å². The molecule has 1 saturated heterocycles. The molecule has 1 aromatic rings. The molecule has 1 fully saturated rings. The van der Waals surface area contributed by atoms with E-state index in [2.05, 4.69) is 22.5 Å². The molecule has 0 aromatic heterocycles. The molecule has 0 bridgehead atoms. The summed E-state index contributed by atoms with van der Waals surface area (Å²) in [4.78, 5) is 116. The molecule has 1 aromatic carbocycles. The van der Waals surface area contributed by atoms with Crippen molar-refractivity contribution in [2.24, 2.45) is 4.99 Å². The van der Waals surface area contributed by atoms with Crippen molar-refractivity contribution in [1.82, 2.24) is 20.8 Å². The van der Waals surface area contributed by atoms with Gasteiger partial charge in [-0.1, -0.05) is 84.0 Å². The van der Waals surface area contributed by atoms with Crippen LogP contribution in [0.25, 0.3) is 0 Å². The van der Waals surface area contributed by atoms with E-state index < -0.39 is 65.8 Å². The first-order valence-electron chi connectivity index (χ1n) is 24.2. The van der Waals surface area contributed by atoms with Gasteiger partial charge in [-0.25, -0.2) is 9.79 Å². The van der Waals surface area contributed by atoms with Crippen LogP contribution < -0.4 is 21.1 Å². The topological polar surface area (TPSA) is 252 Å². The zero-order valence-electron chi connectivity index (χ0n) is 40.2. The number of hydrogen-bond donors (Lipinski definition) is 3. The Bertz CT molecular complexity index is 1840. The summed E-state index contributed by atoms with van der Waals surface area (Å²) in [6, 6.07) is 1.21. The third-order valence-electron chi connectivity index (χ3n) is 11.2. The molecule has 2 aliphatic rings. The molecule has 0 unspecified atom stereocenters. The molecule has 4 N–H and O–H groups in total. The van der Waals surface area contributed by atoms with Gasteiger partial charge in [0, 0.05) is 38.9 Å². The van der Waals surface area contributed by atoms with Crippen molar-refractivity contribution >= 4 is 59.1 Å². The molecule has 374 valence electrons. The Morgan fingerprint density at radius 1 is 0.866 bits per heavy atom. The molecule has 0 aliphatic carbocycles. The van der Waals surface area contributed by atoms with E-state index in [4.69, 9.17) is 29.6 Å². The van der Waals surface area contributed by atoms with Crippen LogP contribution in [0.3, 0.4) is 0 Å². The normalized spacial score (nSPS) is 16.6. The average Bonchev–Trinajstić information content (AvgIpc) is 3.69. The lowest BCUT2D eigenvalue weighted by molar-refractivity contribution is -0.196. The highest BCUT2D eigenvalue weighted by Gasteiger charge is 2.34. The van der Waals surface area contributed by atoms with E-state index in [-0.39, 0.29) is 68.5 Å². The van der Waals surface area contributed by atoms with E-state index in [0.717, 1.165) is 29.4 Å². The quantitative estimate of drug-likeness (QED) is 0.0271. The van der Waals surface area contributed by atoms with Crippen LogP contribution in [0.15, 0.2) is 23.2 Å². The van der Waals surface area contributed by atoms with Crippen molar-refractivity contribution in [3.63, 3.8) is 0 Å². The third-order valence-corrected chi connectivity index (χ3v) is 11.2. The van der Waals surface area contributed by atoms with E-state index in [1.807, 2.05) is 0 Å². The Morgan fingerprint density at radius 2 is 1.52 bits per heavy atom. The Hall–Kier alpha value is -5.75. The van der Waals surface area contributed by atoms with Crippen LogP contribution in [-0.4, -0.2) is 107 Å². The van der Waals surface area contributed by atoms with Crippen molar-refractivity contribution in [2.75, 3.05) is 25.4 Å². The number of nitrogens with zero attached hydrogens (tertiary/aromatic N) is 3. The number of carbonyl (C=O) groups excluding carboxylic acids is 8. The van der Waals surface area contributed by atoms with Gasteiger partial charge < -0.3 is 40.3 Å². The lowest BCUT2D eigenvalue weighted by atomic mass is 10.0. The number of carbonyl (C=O) groups is 8. The smallest absolute Gasteiger partial charge is 0.329 e. The Balaban J connectivity index is 1.60. The van der Waals surface area contributed by atoms with Gasteiger partial charge in [-0.05, 0) is 64.0 Å². The van der Waals surface area contributed by atoms with Gasteiger partial charge in [-0.2, -0.15) is 10.1 Å². The highest BCUT2D eigenvalue weighted by atomic mass is 16.7. The molecule has 4 atom stereocenters. The maximum atomic E-state index is 13.7. The number of nitrogens with one attached hydrogen (secondary N) is 2. The zero-order valence-corrected chi connectivity index (χ0v) is 40.2. The second-order valence-electron chi connectivity index (χ2n) is 17.3. The summed E-state index contributed by atoms with van der Waals surface area (Å²) in [7, 11) is 0. The first-order chi connectivity index (χ1) is 32.1. The molecular formula is C48H74N6O13. The summed E-state index contributed by atoms with van der Waals surface area (Å²) in [6.45, 7) is 7.37. The Labute approximate surface area is 394 Å². The van der Waals surface area contributed by atoms with Crippen LogP contribution in [-0.2, 0) is 57.5 Å². The number of esters is 2. The highest BCUT2D eigenvalue weighted by Crippen LogP contribution is 2.26. The maximum Gasteiger partial charge on any atom is 0.329 e. The number of rotatable bonds is 29. The largest absolute Gasteiger partial charge is 0.475 e. The van der Waals surface area contributed by atoms with Crippen LogP contribution in [0.1, 0.15) is 175 Å². The summed E-state index contributed by atoms with van der Waals surface area (Å²) >= 11 is 0. The first kappa shape index (κ1) is 55.6. The fraction of sp³-hybridized carbons (Fsp3) is 0.688. The minimum atomic E-state index is -1.24. The number of unbranched alkanes of at least 4 members (excludes halogenated alkanes) is 13. The van der Waals surface area contributed by atoms with Crippen molar-refractivity contribution in [3.8, 4) is 5.75 Å². The van der Waals surface area contributed by atoms with E-state index in [9.17, 15) is 38.4 Å². The number of nitrogens with two attached hydrogens (primary N) is 1. The van der Waals surface area contributed by atoms with Gasteiger partial charge >= 0.3 is 23.9 Å². The molecule has 3 rings (SSSR count). The van der Waals surface area contributed by atoms with Gasteiger partial charge in [0.1, 0.15) is 30.5 Å². The monoisotopic (exact) mass is 943 g/mol. The van der Waals surface area contributed by atoms with Crippen molar-refractivity contribution < 1.29 is 62.2 Å². The number of hydroxylamine groups is 4. The number of aliphatic imine (C=N–C) groups is 1. The minimum absolute atomic E-state index is 0.0207. The summed E-state index contributed by atoms with van der Waals surface area (Å²) in [5.41, 5.74) is 6.49. The van der Waals surface area contributed by atoms with Gasteiger partial charge in [-0.15, -0.1) is 0 Å². The Kier molecular flexibility index (Phi) is 25.3. The number of amides is 4. The van der Waals surface area contributed by atoms with Gasteiger partial charge in [0.2, 0.25) is 17.7 Å². The fourth-order valence-corrected chi connectivity index (χ4v) is 7.75. The van der Waals surface area contributed by atoms with E-state index >= 15 is 0 Å². The molecule has 0 radical (unpaired) electrons. The van der Waals surface area contributed by atoms with E-state index in [1.165, 1.54) is 97.6 Å². The number of hydrogen-bond acceptors (Lipinski definition) is 15. The molecule has 67 heavy (non-hydrogen) atoms. The van der Waals surface area contributed by atoms with E-state index in [1.54, 1.807) is 6.07 Å². The van der Waals surface area contributed by atoms with Crippen molar-refractivity contribution in [2.45, 2.75) is 194 Å². The molecule has 0 saturated carbocycles. The second-order valence-corrected chi connectivity index (χ2v) is 17.3. The lowest BCUT2D eigenvalue weighted by Crippen LogP contribution is -2.49. The number of benzene rings is 1. The third kappa shape index (κ3) is 21.6. The molecule has 19 heteroatoms. The summed E-state index contributed by atoms with van der Waals surface area (Å²) in [5.74, 6) is -4.82. The summed E-state index contributed by atoms with van der Waals surface area (Å²) in [6.07, 6.45) is 16.1. The lowest BCUT2D eigenvalue weighted by Gasteiger charge is -2.24. The molecular weight excluding hydrogens is 869 g/mol. The Morgan fingerprint density at radius 3 is 2.15 bits per heavy atom. The highest BCUT2D eigenvalue weighted by molar-refractivity contribution is 6.01. The first-order valence-corrected chi connectivity index (χ1v) is 24.2. The maximum absolute atomic E-state index is 13.7. The van der Waals surface area contributed by atoms with Gasteiger partial charge in [0.15, 0.2) is 6.04 Å². The molecule has 19 nitrogen and oxygen atoms in total. The van der Waals surface area contributed by atoms with Crippen LogP contribution in [0.4, 0.5) is 5.69 Å². The van der Waals surface area contributed by atoms with Crippen LogP contribution in [0.5, 0.6) is 5.75 Å². The van der Waals surface area contributed by atoms with Crippen LogP contribution in [0, 0.1) is 0 Å². The molecule has 2 aliphatic heterocycles. The molecule has 0 spiro atoms. The second kappa shape index (κ2) is 30.5. The predicted octanol–water partition coefficient (Wildman–Crippen LogP) is 6.08. The standard InChI is InChI=1S/C48H74N6O13/c1-6-7-8-9-10-11-12-13-14-15-16-17-18-25-44(59)53(66-35(4)56)28-21-20-24-40(51-45(60)41-32-63-46(52-41)38-27-26-37(49)31-42(38)65-34(3)55)48(62)64-33(2)30-43(58)50-39-23-19-22-29-54(47(39)61)67-36(5)57/h26-27,31,33,39-41H,6-25,28-30,32,49H2,1-5H3,(H,50,58)(H,51,60)/t33-,39+,40+,41+/m1/s1. The summed E-state index contributed by atoms with van der Waals surface area (Å²) < 4.78 is 16.6. The van der Waals surface area contributed by atoms with Gasteiger partial charge in [-0.3, -0.25) is 33.6 Å². The predicted molar refractivity (Wildman–Crippen MR) is 247 cm³/mol. The number of ether oxygens (including phenoxy) is 3. The number of anilines is 1. The minimum Gasteiger partial charge on any atom is -0.475 e. The van der Waals surface area contributed by atoms with Crippen LogP contribution in [0.2, 0.25) is 0 Å². The van der Waals surface area contributed by atoms with Crippen LogP contribution >= 0.6 is 0 Å². The molecule has 2 heterocycles. The SMILES string of the molecule is CCCCCCCCCCCCCCCC(=O)N(CCCC[C@H](NC(=O)[C@@H]1COC(c2ccc(N)cc2OC(C)=O)=N1)C(=O)O[C@H](C)CC(=O)N[C@H]1CCCCN(OC(C)=O)C1=O)OC(C)=O. The average molecular weight is 943 g/mol. The van der Waals surface area contributed by atoms with Crippen molar-refractivity contribution in [1.29, 1.82) is 0 Å². The zero-order chi connectivity index (χ0) is 49.1. The fourth-order valence-electron chi connectivity index (χ4n) is 7.75. The van der Waals surface area contributed by atoms with Gasteiger partial charge in [0.05, 0.1) is 25.1 Å². The van der Waals surface area contributed by atoms with E-state index in [0.29, 0.717) is 37.8 Å². The number of nitrogen functional groups attached to an aromatic ring is 1. The molecule has 4 amide bonds. The summed E-state index contributed by atoms with van der Waals surface area (Å²) in [5, 5.41) is 7.33. The van der Waals surface area contributed by atoms with Gasteiger partial charge in [0.25, 0.3) is 11.8 Å².